The number of hydrogen-bond donors (Lipinski definition) is 1. The molecule has 0 aliphatic carbocycles. The van der Waals surface area contributed by atoms with Crippen LogP contribution in [-0.2, 0) is 6.54 Å². The van der Waals surface area contributed by atoms with Gasteiger partial charge >= 0.3 is 0 Å². The van der Waals surface area contributed by atoms with Crippen molar-refractivity contribution in [3.05, 3.63) is 77.9 Å². The standard InChI is InChI=1S/C22H23N5O/c1-16-19(15-24-27(16)18-9-4-3-5-10-18)22(28)23-13-8-14-26-17(2)25-20-11-6-7-12-21(20)26/h3-7,9-12,15H,8,13-14H2,1-2H3,(H,23,28). The van der Waals surface area contributed by atoms with Crippen molar-refractivity contribution in [1.29, 1.82) is 0 Å². The molecule has 0 radical (unpaired) electrons. The van der Waals surface area contributed by atoms with E-state index in [-0.39, 0.29) is 5.91 Å². The van der Waals surface area contributed by atoms with Gasteiger partial charge < -0.3 is 9.88 Å². The molecule has 6 heteroatoms. The highest BCUT2D eigenvalue weighted by Crippen LogP contribution is 2.16. The summed E-state index contributed by atoms with van der Waals surface area (Å²) < 4.78 is 3.98. The van der Waals surface area contributed by atoms with Gasteiger partial charge in [0, 0.05) is 13.1 Å². The van der Waals surface area contributed by atoms with E-state index >= 15 is 0 Å². The van der Waals surface area contributed by atoms with Crippen LogP contribution in [0.3, 0.4) is 0 Å². The van der Waals surface area contributed by atoms with E-state index in [9.17, 15) is 4.79 Å². The Morgan fingerprint density at radius 3 is 2.61 bits per heavy atom. The Labute approximate surface area is 163 Å². The third kappa shape index (κ3) is 3.41. The van der Waals surface area contributed by atoms with Crippen LogP contribution in [0.25, 0.3) is 16.7 Å². The second-order valence-corrected chi connectivity index (χ2v) is 6.80. The largest absolute Gasteiger partial charge is 0.352 e. The average molecular weight is 373 g/mol. The van der Waals surface area contributed by atoms with Gasteiger partial charge in [0.1, 0.15) is 5.82 Å². The Hall–Kier alpha value is -3.41. The smallest absolute Gasteiger partial charge is 0.254 e. The number of amides is 1. The molecule has 2 aromatic heterocycles. The van der Waals surface area contributed by atoms with E-state index in [1.807, 2.05) is 62.4 Å². The Morgan fingerprint density at radius 1 is 1.04 bits per heavy atom. The fourth-order valence-electron chi connectivity index (χ4n) is 3.47. The lowest BCUT2D eigenvalue weighted by molar-refractivity contribution is 0.0952. The van der Waals surface area contributed by atoms with Crippen LogP contribution in [0.5, 0.6) is 0 Å². The minimum atomic E-state index is -0.0908. The Morgan fingerprint density at radius 2 is 1.79 bits per heavy atom. The maximum absolute atomic E-state index is 12.6. The third-order valence-electron chi connectivity index (χ3n) is 4.94. The highest BCUT2D eigenvalue weighted by atomic mass is 16.1. The summed E-state index contributed by atoms with van der Waals surface area (Å²) in [5.74, 6) is 0.902. The predicted molar refractivity (Wildman–Crippen MR) is 110 cm³/mol. The van der Waals surface area contributed by atoms with Crippen molar-refractivity contribution in [1.82, 2.24) is 24.6 Å². The molecule has 0 spiro atoms. The van der Waals surface area contributed by atoms with Gasteiger partial charge in [-0.15, -0.1) is 0 Å². The average Bonchev–Trinajstić information content (AvgIpc) is 3.25. The topological polar surface area (TPSA) is 64.7 Å². The van der Waals surface area contributed by atoms with Gasteiger partial charge in [0.15, 0.2) is 0 Å². The maximum Gasteiger partial charge on any atom is 0.254 e. The second kappa shape index (κ2) is 7.68. The summed E-state index contributed by atoms with van der Waals surface area (Å²) in [4.78, 5) is 17.1. The number of aryl methyl sites for hydroxylation is 2. The van der Waals surface area contributed by atoms with Crippen LogP contribution in [0.2, 0.25) is 0 Å². The van der Waals surface area contributed by atoms with Crippen molar-refractivity contribution in [3.8, 4) is 5.69 Å². The molecule has 6 nitrogen and oxygen atoms in total. The number of nitrogens with zero attached hydrogens (tertiary/aromatic N) is 4. The molecular weight excluding hydrogens is 350 g/mol. The molecule has 1 N–H and O–H groups in total. The molecule has 2 aromatic carbocycles. The predicted octanol–water partition coefficient (Wildman–Crippen LogP) is 3.66. The second-order valence-electron chi connectivity index (χ2n) is 6.80. The van der Waals surface area contributed by atoms with Gasteiger partial charge in [-0.2, -0.15) is 5.10 Å². The summed E-state index contributed by atoms with van der Waals surface area (Å²) in [5, 5.41) is 7.37. The molecular formula is C22H23N5O. The molecule has 0 aliphatic heterocycles. The number of aromatic nitrogens is 4. The van der Waals surface area contributed by atoms with Gasteiger partial charge in [0.25, 0.3) is 5.91 Å². The maximum atomic E-state index is 12.6. The molecule has 2 heterocycles. The van der Waals surface area contributed by atoms with E-state index in [0.29, 0.717) is 12.1 Å². The molecule has 4 rings (SSSR count). The van der Waals surface area contributed by atoms with Crippen LogP contribution >= 0.6 is 0 Å². The summed E-state index contributed by atoms with van der Waals surface area (Å²) in [6.45, 7) is 5.34. The normalized spacial score (nSPS) is 11.1. The Bertz CT molecular complexity index is 1110. The molecule has 0 unspecified atom stereocenters. The Kier molecular flexibility index (Phi) is 4.93. The Balaban J connectivity index is 1.37. The number of carbonyl (C=O) groups excluding carboxylic acids is 1. The van der Waals surface area contributed by atoms with Crippen LogP contribution in [0.4, 0.5) is 0 Å². The van der Waals surface area contributed by atoms with Crippen molar-refractivity contribution in [2.24, 2.45) is 0 Å². The number of carbonyl (C=O) groups is 1. The SMILES string of the molecule is Cc1c(C(=O)NCCCn2c(C)nc3ccccc32)cnn1-c1ccccc1. The number of para-hydroxylation sites is 3. The molecule has 142 valence electrons. The van der Waals surface area contributed by atoms with Gasteiger partial charge in [0.2, 0.25) is 0 Å². The minimum Gasteiger partial charge on any atom is -0.352 e. The van der Waals surface area contributed by atoms with Crippen LogP contribution in [0, 0.1) is 13.8 Å². The number of fused-ring (bicyclic) bond motifs is 1. The lowest BCUT2D eigenvalue weighted by atomic mass is 10.2. The first-order chi connectivity index (χ1) is 13.6. The summed E-state index contributed by atoms with van der Waals surface area (Å²) in [6, 6.07) is 17.9. The van der Waals surface area contributed by atoms with E-state index in [1.54, 1.807) is 10.9 Å². The van der Waals surface area contributed by atoms with Crippen LogP contribution < -0.4 is 5.32 Å². The van der Waals surface area contributed by atoms with E-state index in [2.05, 4.69) is 26.0 Å². The van der Waals surface area contributed by atoms with E-state index in [1.165, 1.54) is 0 Å². The third-order valence-corrected chi connectivity index (χ3v) is 4.94. The van der Waals surface area contributed by atoms with Crippen molar-refractivity contribution in [3.63, 3.8) is 0 Å². The summed E-state index contributed by atoms with van der Waals surface area (Å²) in [6.07, 6.45) is 2.46. The molecule has 0 bridgehead atoms. The summed E-state index contributed by atoms with van der Waals surface area (Å²) in [5.41, 5.74) is 4.52. The molecule has 0 saturated carbocycles. The minimum absolute atomic E-state index is 0.0908. The molecule has 4 aromatic rings. The zero-order valence-electron chi connectivity index (χ0n) is 16.1. The van der Waals surface area contributed by atoms with Crippen molar-refractivity contribution in [2.75, 3.05) is 6.54 Å². The number of imidazole rings is 1. The van der Waals surface area contributed by atoms with E-state index in [0.717, 1.165) is 41.2 Å². The fourth-order valence-corrected chi connectivity index (χ4v) is 3.47. The van der Waals surface area contributed by atoms with Gasteiger partial charge in [-0.3, -0.25) is 4.79 Å². The summed E-state index contributed by atoms with van der Waals surface area (Å²) in [7, 11) is 0. The number of rotatable bonds is 6. The van der Waals surface area contributed by atoms with E-state index < -0.39 is 0 Å². The number of nitrogens with one attached hydrogen (secondary N) is 1. The first kappa shape index (κ1) is 18.0. The van der Waals surface area contributed by atoms with Crippen molar-refractivity contribution in [2.45, 2.75) is 26.8 Å². The van der Waals surface area contributed by atoms with Gasteiger partial charge in [0.05, 0.1) is 34.2 Å². The number of benzene rings is 2. The lowest BCUT2D eigenvalue weighted by Gasteiger charge is -2.09. The van der Waals surface area contributed by atoms with Crippen molar-refractivity contribution < 1.29 is 4.79 Å². The zero-order chi connectivity index (χ0) is 19.5. The van der Waals surface area contributed by atoms with Crippen molar-refractivity contribution >= 4 is 16.9 Å². The van der Waals surface area contributed by atoms with Crippen LogP contribution in [0.15, 0.2) is 60.8 Å². The molecule has 0 fully saturated rings. The highest BCUT2D eigenvalue weighted by molar-refractivity contribution is 5.95. The van der Waals surface area contributed by atoms with Gasteiger partial charge in [-0.25, -0.2) is 9.67 Å². The molecule has 1 amide bonds. The summed E-state index contributed by atoms with van der Waals surface area (Å²) >= 11 is 0. The first-order valence-corrected chi connectivity index (χ1v) is 9.45. The number of hydrogen-bond acceptors (Lipinski definition) is 3. The van der Waals surface area contributed by atoms with Crippen LogP contribution in [0.1, 0.15) is 28.3 Å². The van der Waals surface area contributed by atoms with E-state index in [4.69, 9.17) is 0 Å². The molecule has 0 atom stereocenters. The zero-order valence-corrected chi connectivity index (χ0v) is 16.1. The van der Waals surface area contributed by atoms with Crippen LogP contribution in [-0.4, -0.2) is 31.8 Å². The van der Waals surface area contributed by atoms with Gasteiger partial charge in [-0.05, 0) is 44.5 Å². The van der Waals surface area contributed by atoms with Gasteiger partial charge in [-0.1, -0.05) is 30.3 Å². The monoisotopic (exact) mass is 373 g/mol. The first-order valence-electron chi connectivity index (χ1n) is 9.45. The lowest BCUT2D eigenvalue weighted by Crippen LogP contribution is -2.25. The fraction of sp³-hybridized carbons (Fsp3) is 0.227. The molecule has 0 aliphatic rings. The quantitative estimate of drug-likeness (QED) is 0.525. The molecule has 0 saturated heterocycles. The highest BCUT2D eigenvalue weighted by Gasteiger charge is 2.14. The molecule has 28 heavy (non-hydrogen) atoms.